The van der Waals surface area contributed by atoms with Crippen LogP contribution in [-0.2, 0) is 19.5 Å². The van der Waals surface area contributed by atoms with Crippen LogP contribution >= 0.6 is 0 Å². The minimum Gasteiger partial charge on any atom is -0.496 e. The number of para-hydroxylation sites is 1. The van der Waals surface area contributed by atoms with E-state index < -0.39 is 8.07 Å². The quantitative estimate of drug-likeness (QED) is 0.138. The Morgan fingerprint density at radius 1 is 0.833 bits per heavy atom. The topological polar surface area (TPSA) is 34.7 Å². The minimum atomic E-state index is -2.05. The Morgan fingerprint density at radius 2 is 1.50 bits per heavy atom. The van der Waals surface area contributed by atoms with Crippen molar-refractivity contribution in [1.29, 1.82) is 0 Å². The van der Waals surface area contributed by atoms with Gasteiger partial charge in [0.1, 0.15) is 20.0 Å². The van der Waals surface area contributed by atoms with Crippen LogP contribution in [0.4, 0.5) is 11.4 Å². The Labute approximate surface area is 259 Å². The fraction of sp³-hybridized carbons (Fsp3) is 0.229. The zero-order valence-corrected chi connectivity index (χ0v) is 27.7. The monoisotopic (exact) mass is 655 g/mol. The smallest absolute Gasteiger partial charge is 0.496 e. The summed E-state index contributed by atoms with van der Waals surface area (Å²) in [6.07, 6.45) is -0.00284. The van der Waals surface area contributed by atoms with E-state index in [1.54, 1.807) is 7.11 Å². The van der Waals surface area contributed by atoms with Crippen molar-refractivity contribution in [3.05, 3.63) is 89.7 Å². The van der Waals surface area contributed by atoms with Crippen molar-refractivity contribution >= 4 is 68.2 Å². The molecule has 7 heteroatoms. The third kappa shape index (κ3) is 3.24. The third-order valence-corrected chi connectivity index (χ3v) is 13.2. The van der Waals surface area contributed by atoms with E-state index in [0.29, 0.717) is 0 Å². The first-order valence-corrected chi connectivity index (χ1v) is 17.4. The second-order valence-corrected chi connectivity index (χ2v) is 16.4. The average Bonchev–Trinajstić information content (AvgIpc) is 3.44. The Morgan fingerprint density at radius 3 is 2.24 bits per heavy atom. The summed E-state index contributed by atoms with van der Waals surface area (Å²) >= 11 is 0. The number of aromatic nitrogens is 3. The first kappa shape index (κ1) is 27.2. The molecule has 6 aromatic rings. The summed E-state index contributed by atoms with van der Waals surface area (Å²) in [6, 6.07) is 28.0. The number of rotatable bonds is 1. The largest absolute Gasteiger partial charge is 1.00 e. The molecule has 8 rings (SSSR count). The molecule has 0 fully saturated rings. The van der Waals surface area contributed by atoms with Gasteiger partial charge in [-0.1, -0.05) is 66.5 Å². The van der Waals surface area contributed by atoms with Crippen molar-refractivity contribution in [3.63, 3.8) is 0 Å². The molecular weight excluding hydrogens is 622 g/mol. The van der Waals surface area contributed by atoms with Gasteiger partial charge in [0, 0.05) is 22.3 Å². The van der Waals surface area contributed by atoms with Gasteiger partial charge >= 0.3 is 19.5 Å². The first-order valence-electron chi connectivity index (χ1n) is 14.4. The SMILES string of the molecule is COc1ccc2c(c1C)N1c3c(ccc4c5ccccc5c5ccc[c-]c5n5c(C)c(C)nc5n(c34)[C@@H]1C)[Si]2(C)C.[Ru+]. The predicted molar refractivity (Wildman–Crippen MR) is 173 cm³/mol. The maximum Gasteiger partial charge on any atom is 1.00 e. The van der Waals surface area contributed by atoms with E-state index in [0.717, 1.165) is 28.4 Å². The van der Waals surface area contributed by atoms with Gasteiger partial charge in [-0.05, 0) is 49.5 Å². The standard InChI is InChI=1S/C35H33N4OSi.Ru/c1-20-29(40-5)17-19-30-32(20)38-23(4)39-33-27(16-18-31(34(33)38)41(30,6)7)25-13-9-8-12-24(25)26-14-10-11-15-28(26)37-22(3)21(2)36-35(37)39;/h8-14,16-19,23H,1-7H3;/q-1;+1/t23-;/m1./s1. The zero-order valence-electron chi connectivity index (χ0n) is 25.0. The van der Waals surface area contributed by atoms with Crippen molar-refractivity contribution < 1.29 is 24.2 Å². The van der Waals surface area contributed by atoms with E-state index >= 15 is 0 Å². The summed E-state index contributed by atoms with van der Waals surface area (Å²) < 4.78 is 10.7. The van der Waals surface area contributed by atoms with Gasteiger partial charge in [0.05, 0.1) is 24.0 Å². The molecule has 1 atom stereocenters. The van der Waals surface area contributed by atoms with Gasteiger partial charge in [-0.25, -0.2) is 4.98 Å². The molecule has 0 saturated carbocycles. The Balaban J connectivity index is 0.00000288. The number of benzene rings is 4. The number of fused-ring (bicyclic) bond motifs is 9. The Bertz CT molecular complexity index is 2190. The van der Waals surface area contributed by atoms with Crippen LogP contribution in [0.1, 0.15) is 30.0 Å². The second-order valence-electron chi connectivity index (χ2n) is 12.0. The van der Waals surface area contributed by atoms with Crippen LogP contribution in [-0.4, -0.2) is 29.1 Å². The number of aryl methyl sites for hydroxylation is 2. The van der Waals surface area contributed by atoms with Crippen molar-refractivity contribution in [1.82, 2.24) is 14.0 Å². The average molecular weight is 655 g/mol. The van der Waals surface area contributed by atoms with Gasteiger partial charge in [-0.3, -0.25) is 4.57 Å². The third-order valence-electron chi connectivity index (χ3n) is 9.68. The summed E-state index contributed by atoms with van der Waals surface area (Å²) in [5.74, 6) is 1.87. The number of methoxy groups -OCH3 is 1. The van der Waals surface area contributed by atoms with Crippen LogP contribution < -0.4 is 20.0 Å². The number of hydrogen-bond acceptors (Lipinski definition) is 3. The van der Waals surface area contributed by atoms with Crippen LogP contribution in [0.2, 0.25) is 13.1 Å². The molecule has 0 unspecified atom stereocenters. The molecule has 0 saturated heterocycles. The Hall–Kier alpha value is -3.67. The molecule has 0 N–H and O–H groups in total. The van der Waals surface area contributed by atoms with Crippen LogP contribution in [0.15, 0.2) is 66.7 Å². The molecular formula is C35H33N4ORuSi. The summed E-state index contributed by atoms with van der Waals surface area (Å²) in [5, 5.41) is 7.78. The van der Waals surface area contributed by atoms with E-state index in [9.17, 15) is 0 Å². The molecule has 0 amide bonds. The summed E-state index contributed by atoms with van der Waals surface area (Å²) in [5.41, 5.74) is 8.27. The van der Waals surface area contributed by atoms with Gasteiger partial charge in [0.15, 0.2) is 0 Å². The molecule has 0 spiro atoms. The number of nitrogens with zero attached hydrogens (tertiary/aromatic N) is 4. The van der Waals surface area contributed by atoms with E-state index in [1.165, 1.54) is 54.4 Å². The zero-order chi connectivity index (χ0) is 28.4. The van der Waals surface area contributed by atoms with Crippen LogP contribution in [0.3, 0.4) is 0 Å². The van der Waals surface area contributed by atoms with Gasteiger partial charge in [-0.15, -0.1) is 5.39 Å². The van der Waals surface area contributed by atoms with Gasteiger partial charge in [-0.2, -0.15) is 24.3 Å². The molecule has 5 nitrogen and oxygen atoms in total. The predicted octanol–water partition coefficient (Wildman–Crippen LogP) is 7.26. The Kier molecular flexibility index (Phi) is 5.93. The van der Waals surface area contributed by atoms with Crippen LogP contribution in [0, 0.1) is 26.8 Å². The van der Waals surface area contributed by atoms with E-state index in [-0.39, 0.29) is 25.6 Å². The molecule has 2 aliphatic heterocycles. The molecule has 211 valence electrons. The van der Waals surface area contributed by atoms with Crippen LogP contribution in [0.25, 0.3) is 38.4 Å². The maximum atomic E-state index is 5.87. The van der Waals surface area contributed by atoms with Crippen molar-refractivity contribution in [2.45, 2.75) is 47.0 Å². The number of hydrogen-bond donors (Lipinski definition) is 0. The fourth-order valence-corrected chi connectivity index (χ4v) is 10.5. The van der Waals surface area contributed by atoms with Gasteiger partial charge in [0.25, 0.3) is 0 Å². The molecule has 4 aromatic carbocycles. The first-order chi connectivity index (χ1) is 19.8. The van der Waals surface area contributed by atoms with E-state index in [1.807, 2.05) is 6.07 Å². The van der Waals surface area contributed by atoms with E-state index in [2.05, 4.69) is 121 Å². The molecule has 42 heavy (non-hydrogen) atoms. The fourth-order valence-electron chi connectivity index (χ4n) is 7.51. The maximum absolute atomic E-state index is 5.87. The van der Waals surface area contributed by atoms with Gasteiger partial charge < -0.3 is 14.0 Å². The molecule has 4 heterocycles. The number of anilines is 2. The van der Waals surface area contributed by atoms with E-state index in [4.69, 9.17) is 9.72 Å². The number of ether oxygens (including phenoxy) is 1. The van der Waals surface area contributed by atoms with Crippen LogP contribution in [0.5, 0.6) is 5.75 Å². The number of imidazole rings is 1. The molecule has 1 radical (unpaired) electrons. The summed E-state index contributed by atoms with van der Waals surface area (Å²) in [7, 11) is -0.280. The van der Waals surface area contributed by atoms with Crippen molar-refractivity contribution in [3.8, 4) is 5.75 Å². The second kappa shape index (κ2) is 9.16. The van der Waals surface area contributed by atoms with Gasteiger partial charge in [0.2, 0.25) is 5.78 Å². The summed E-state index contributed by atoms with van der Waals surface area (Å²) in [6.45, 7) is 13.8. The molecule has 2 aromatic heterocycles. The molecule has 0 bridgehead atoms. The van der Waals surface area contributed by atoms with Crippen molar-refractivity contribution in [2.24, 2.45) is 0 Å². The van der Waals surface area contributed by atoms with Crippen molar-refractivity contribution in [2.75, 3.05) is 12.0 Å². The minimum absolute atomic E-state index is 0. The molecule has 2 aliphatic rings. The summed E-state index contributed by atoms with van der Waals surface area (Å²) in [4.78, 5) is 7.86. The normalized spacial score (nSPS) is 16.2. The molecule has 0 aliphatic carbocycles.